The number of nitrogen functional groups attached to an aromatic ring is 1. The van der Waals surface area contributed by atoms with Gasteiger partial charge in [-0.05, 0) is 56.0 Å². The normalized spacial score (nSPS) is 13.9. The van der Waals surface area contributed by atoms with Crippen LogP contribution < -0.4 is 5.73 Å². The minimum absolute atomic E-state index is 0.140. The number of piperidine rings is 1. The first-order valence-electron chi connectivity index (χ1n) is 15.6. The van der Waals surface area contributed by atoms with E-state index in [0.29, 0.717) is 25.5 Å². The number of fused-ring (bicyclic) bond motifs is 3. The first kappa shape index (κ1) is 30.5. The Morgan fingerprint density at radius 2 is 1.79 bits per heavy atom. The van der Waals surface area contributed by atoms with Crippen LogP contribution in [-0.2, 0) is 40.3 Å². The minimum Gasteiger partial charge on any atom is -0.469 e. The number of anilines is 1. The summed E-state index contributed by atoms with van der Waals surface area (Å²) in [7, 11) is 1.40. The second-order valence-electron chi connectivity index (χ2n) is 11.6. The highest BCUT2D eigenvalue weighted by Gasteiger charge is 2.21. The van der Waals surface area contributed by atoms with Crippen molar-refractivity contribution in [2.75, 3.05) is 39.0 Å². The van der Waals surface area contributed by atoms with E-state index in [1.165, 1.54) is 13.5 Å². The number of rotatable bonds is 13. The molecule has 0 radical (unpaired) electrons. The maximum absolute atomic E-state index is 13.7. The van der Waals surface area contributed by atoms with Crippen molar-refractivity contribution in [1.82, 2.24) is 24.3 Å². The molecule has 43 heavy (non-hydrogen) atoms. The van der Waals surface area contributed by atoms with E-state index in [1.54, 1.807) is 0 Å². The zero-order chi connectivity index (χ0) is 30.2. The Kier molecular flexibility index (Phi) is 10.3. The van der Waals surface area contributed by atoms with Gasteiger partial charge in [-0.3, -0.25) is 14.5 Å². The number of aromatic nitrogens is 3. The van der Waals surface area contributed by atoms with Gasteiger partial charge >= 0.3 is 5.97 Å². The van der Waals surface area contributed by atoms with Crippen LogP contribution in [0.25, 0.3) is 21.9 Å². The Morgan fingerprint density at radius 1 is 1.00 bits per heavy atom. The van der Waals surface area contributed by atoms with Crippen LogP contribution in [0.1, 0.15) is 62.4 Å². The molecule has 9 heteroatoms. The van der Waals surface area contributed by atoms with Crippen molar-refractivity contribution in [2.24, 2.45) is 0 Å². The first-order valence-corrected chi connectivity index (χ1v) is 15.6. The molecule has 1 fully saturated rings. The lowest BCUT2D eigenvalue weighted by atomic mass is 10.1. The molecule has 9 nitrogen and oxygen atoms in total. The van der Waals surface area contributed by atoms with Crippen LogP contribution in [0.5, 0.6) is 0 Å². The average molecular weight is 585 g/mol. The van der Waals surface area contributed by atoms with Gasteiger partial charge in [-0.2, -0.15) is 0 Å². The smallest absolute Gasteiger partial charge is 0.309 e. The Morgan fingerprint density at radius 3 is 2.58 bits per heavy atom. The van der Waals surface area contributed by atoms with Gasteiger partial charge in [0.25, 0.3) is 0 Å². The molecule has 4 aromatic rings. The summed E-state index contributed by atoms with van der Waals surface area (Å²) in [5, 5.41) is 1.04. The van der Waals surface area contributed by atoms with Gasteiger partial charge in [0.1, 0.15) is 11.3 Å². The zero-order valence-electron chi connectivity index (χ0n) is 25.6. The van der Waals surface area contributed by atoms with Crippen LogP contribution in [0.3, 0.4) is 0 Å². The molecule has 1 saturated heterocycles. The molecule has 0 saturated carbocycles. The number of aryl methyl sites for hydroxylation is 2. The fourth-order valence-electron chi connectivity index (χ4n) is 6.09. The maximum Gasteiger partial charge on any atom is 0.309 e. The fourth-order valence-corrected chi connectivity index (χ4v) is 6.09. The van der Waals surface area contributed by atoms with Crippen LogP contribution in [0.15, 0.2) is 48.5 Å². The predicted octanol–water partition coefficient (Wildman–Crippen LogP) is 5.13. The third-order valence-corrected chi connectivity index (χ3v) is 8.35. The van der Waals surface area contributed by atoms with Crippen molar-refractivity contribution in [3.8, 4) is 0 Å². The van der Waals surface area contributed by atoms with Crippen LogP contribution in [-0.4, -0.2) is 69.5 Å². The number of amides is 1. The highest BCUT2D eigenvalue weighted by molar-refractivity contribution is 6.06. The largest absolute Gasteiger partial charge is 0.469 e. The van der Waals surface area contributed by atoms with Crippen LogP contribution >= 0.6 is 0 Å². The number of unbranched alkanes of at least 4 members (excludes halogenated alkanes) is 1. The number of esters is 1. The molecule has 5 rings (SSSR count). The van der Waals surface area contributed by atoms with E-state index in [9.17, 15) is 9.59 Å². The molecule has 2 aromatic carbocycles. The van der Waals surface area contributed by atoms with Crippen molar-refractivity contribution >= 4 is 39.6 Å². The van der Waals surface area contributed by atoms with Crippen LogP contribution in [0.2, 0.25) is 0 Å². The number of nitrogens with zero attached hydrogens (tertiary/aromatic N) is 5. The van der Waals surface area contributed by atoms with E-state index in [-0.39, 0.29) is 18.3 Å². The lowest BCUT2D eigenvalue weighted by Gasteiger charge is -2.30. The summed E-state index contributed by atoms with van der Waals surface area (Å²) in [6.07, 6.45) is 7.48. The van der Waals surface area contributed by atoms with E-state index in [0.717, 1.165) is 97.0 Å². The van der Waals surface area contributed by atoms with Gasteiger partial charge in [-0.25, -0.2) is 9.97 Å². The second-order valence-corrected chi connectivity index (χ2v) is 11.6. The summed E-state index contributed by atoms with van der Waals surface area (Å²) in [5.41, 5.74) is 10.9. The van der Waals surface area contributed by atoms with Crippen molar-refractivity contribution in [2.45, 2.75) is 71.4 Å². The van der Waals surface area contributed by atoms with Crippen molar-refractivity contribution in [1.29, 1.82) is 0 Å². The molecule has 0 atom stereocenters. The van der Waals surface area contributed by atoms with Crippen molar-refractivity contribution < 1.29 is 14.3 Å². The van der Waals surface area contributed by atoms with Crippen molar-refractivity contribution in [3.63, 3.8) is 0 Å². The molecule has 0 unspecified atom stereocenters. The quantitative estimate of drug-likeness (QED) is 0.217. The molecule has 3 heterocycles. The number of para-hydroxylation sites is 1. The van der Waals surface area contributed by atoms with Gasteiger partial charge in [0.2, 0.25) is 5.91 Å². The maximum atomic E-state index is 13.7. The zero-order valence-corrected chi connectivity index (χ0v) is 25.6. The number of carbonyl (C=O) groups is 2. The molecule has 0 spiro atoms. The SMILES string of the molecule is CCCCc1nc2c(N)nc3ccccc3c2n1CCCN(Cc1cccc(CC(=O)OC)c1)C(=O)CN1CCCCC1. The number of imidazole rings is 1. The summed E-state index contributed by atoms with van der Waals surface area (Å²) >= 11 is 0. The molecule has 2 N–H and O–H groups in total. The van der Waals surface area contributed by atoms with E-state index >= 15 is 0 Å². The number of likely N-dealkylation sites (tertiary alicyclic amines) is 1. The molecule has 1 aliphatic rings. The second kappa shape index (κ2) is 14.5. The van der Waals surface area contributed by atoms with Crippen LogP contribution in [0, 0.1) is 0 Å². The highest BCUT2D eigenvalue weighted by atomic mass is 16.5. The number of pyridine rings is 1. The number of carbonyl (C=O) groups excluding carboxylic acids is 2. The van der Waals surface area contributed by atoms with Gasteiger partial charge in [-0.15, -0.1) is 0 Å². The third kappa shape index (κ3) is 7.51. The first-order chi connectivity index (χ1) is 21.0. The average Bonchev–Trinajstić information content (AvgIpc) is 3.39. The van der Waals surface area contributed by atoms with E-state index < -0.39 is 0 Å². The molecule has 1 aliphatic heterocycles. The summed E-state index contributed by atoms with van der Waals surface area (Å²) in [5.74, 6) is 1.34. The minimum atomic E-state index is -0.273. The summed E-state index contributed by atoms with van der Waals surface area (Å²) in [6, 6.07) is 16.0. The molecule has 0 aliphatic carbocycles. The molecule has 1 amide bonds. The number of nitrogens with two attached hydrogens (primary N) is 1. The van der Waals surface area contributed by atoms with Gasteiger partial charge in [-0.1, -0.05) is 62.2 Å². The van der Waals surface area contributed by atoms with Gasteiger partial charge in [0.05, 0.1) is 31.1 Å². The Hall–Kier alpha value is -3.98. The van der Waals surface area contributed by atoms with E-state index in [1.807, 2.05) is 47.4 Å². The standard InChI is InChI=1S/C34H44N6O3/c1-3-4-16-29-37-32-33(27-14-6-7-15-28(27)36-34(32)35)40(29)20-11-19-39(30(41)24-38-17-8-5-9-18-38)23-26-13-10-12-25(21-26)22-31(42)43-2/h6-7,10,12-15,21H,3-5,8-9,11,16-20,22-24H2,1-2H3,(H2,35,36). The van der Waals surface area contributed by atoms with Crippen LogP contribution in [0.4, 0.5) is 5.82 Å². The predicted molar refractivity (Wildman–Crippen MR) is 171 cm³/mol. The van der Waals surface area contributed by atoms with Crippen molar-refractivity contribution in [3.05, 3.63) is 65.5 Å². The number of ether oxygens (including phenoxy) is 1. The molecule has 228 valence electrons. The fraction of sp³-hybridized carbons (Fsp3) is 0.471. The molecule has 0 bridgehead atoms. The van der Waals surface area contributed by atoms with E-state index in [2.05, 4.69) is 27.4 Å². The lowest BCUT2D eigenvalue weighted by molar-refractivity contribution is -0.139. The monoisotopic (exact) mass is 584 g/mol. The van der Waals surface area contributed by atoms with Gasteiger partial charge in [0, 0.05) is 31.4 Å². The Bertz CT molecular complexity index is 1560. The summed E-state index contributed by atoms with van der Waals surface area (Å²) < 4.78 is 7.16. The Labute approximate surface area is 254 Å². The Balaban J connectivity index is 1.39. The van der Waals surface area contributed by atoms with E-state index in [4.69, 9.17) is 15.5 Å². The highest BCUT2D eigenvalue weighted by Crippen LogP contribution is 2.29. The number of hydrogen-bond acceptors (Lipinski definition) is 7. The molecular weight excluding hydrogens is 540 g/mol. The summed E-state index contributed by atoms with van der Waals surface area (Å²) in [6.45, 7) is 6.39. The summed E-state index contributed by atoms with van der Waals surface area (Å²) in [4.78, 5) is 39.4. The molecular formula is C34H44N6O3. The molecule has 2 aromatic heterocycles. The number of benzene rings is 2. The van der Waals surface area contributed by atoms with Gasteiger partial charge in [0.15, 0.2) is 5.82 Å². The topological polar surface area (TPSA) is 107 Å². The third-order valence-electron chi connectivity index (χ3n) is 8.35. The number of methoxy groups -OCH3 is 1. The number of hydrogen-bond donors (Lipinski definition) is 1. The van der Waals surface area contributed by atoms with Gasteiger partial charge < -0.3 is 19.9 Å². The lowest BCUT2D eigenvalue weighted by Crippen LogP contribution is -2.42.